The molecule has 1 aromatic carbocycles. The number of carbonyl (C=O) groups is 1. The van der Waals surface area contributed by atoms with Crippen LogP contribution in [0, 0.1) is 0 Å². The highest BCUT2D eigenvalue weighted by molar-refractivity contribution is 5.83. The van der Waals surface area contributed by atoms with E-state index < -0.39 is 6.10 Å². The first-order chi connectivity index (χ1) is 11.7. The van der Waals surface area contributed by atoms with E-state index >= 15 is 0 Å². The number of carbonyl (C=O) groups excluding carboxylic acids is 1. The lowest BCUT2D eigenvalue weighted by atomic mass is 9.91. The molecule has 5 heteroatoms. The zero-order valence-electron chi connectivity index (χ0n) is 14.1. The monoisotopic (exact) mass is 332 g/mol. The second-order valence-corrected chi connectivity index (χ2v) is 6.88. The van der Waals surface area contributed by atoms with Crippen molar-refractivity contribution in [1.29, 1.82) is 0 Å². The van der Waals surface area contributed by atoms with E-state index in [0.717, 1.165) is 50.6 Å². The Labute approximate surface area is 143 Å². The maximum atomic E-state index is 12.7. The summed E-state index contributed by atoms with van der Waals surface area (Å²) < 4.78 is 6.03. The molecule has 0 bridgehead atoms. The van der Waals surface area contributed by atoms with Crippen molar-refractivity contribution in [2.75, 3.05) is 6.54 Å². The maximum Gasteiger partial charge on any atom is 0.240 e. The number of ether oxygens (including phenoxy) is 1. The van der Waals surface area contributed by atoms with Crippen LogP contribution in [0.3, 0.4) is 0 Å². The Hall–Kier alpha value is -1.43. The Balaban J connectivity index is 1.55. The van der Waals surface area contributed by atoms with Crippen LogP contribution in [0.25, 0.3) is 0 Å². The molecule has 1 aromatic rings. The summed E-state index contributed by atoms with van der Waals surface area (Å²) in [5, 5.41) is 16.4. The molecule has 4 unspecified atom stereocenters. The molecule has 1 aliphatic carbocycles. The molecule has 0 aromatic heterocycles. The molecule has 2 aliphatic rings. The SMILES string of the molecule is O=C(NC1CCCCC1O)C1NCCCC1OCc1ccccc1. The van der Waals surface area contributed by atoms with Gasteiger partial charge in [-0.2, -0.15) is 0 Å². The van der Waals surface area contributed by atoms with Gasteiger partial charge >= 0.3 is 0 Å². The predicted molar refractivity (Wildman–Crippen MR) is 92.4 cm³/mol. The van der Waals surface area contributed by atoms with Crippen LogP contribution in [0.2, 0.25) is 0 Å². The second-order valence-electron chi connectivity index (χ2n) is 6.88. The lowest BCUT2D eigenvalue weighted by molar-refractivity contribution is -0.131. The van der Waals surface area contributed by atoms with E-state index in [1.165, 1.54) is 0 Å². The molecule has 4 atom stereocenters. The van der Waals surface area contributed by atoms with E-state index in [1.54, 1.807) is 0 Å². The third kappa shape index (κ3) is 4.56. The molecule has 24 heavy (non-hydrogen) atoms. The normalized spacial score (nSPS) is 30.7. The molecule has 132 valence electrons. The lowest BCUT2D eigenvalue weighted by Crippen LogP contribution is -2.58. The van der Waals surface area contributed by atoms with Gasteiger partial charge < -0.3 is 20.5 Å². The first kappa shape index (κ1) is 17.4. The Morgan fingerprint density at radius 1 is 1.17 bits per heavy atom. The van der Waals surface area contributed by atoms with Crippen molar-refractivity contribution < 1.29 is 14.6 Å². The third-order valence-corrected chi connectivity index (χ3v) is 5.05. The Bertz CT molecular complexity index is 523. The van der Waals surface area contributed by atoms with Crippen molar-refractivity contribution in [3.8, 4) is 0 Å². The van der Waals surface area contributed by atoms with E-state index in [0.29, 0.717) is 6.61 Å². The summed E-state index contributed by atoms with van der Waals surface area (Å²) in [5.41, 5.74) is 1.12. The lowest BCUT2D eigenvalue weighted by Gasteiger charge is -2.34. The largest absolute Gasteiger partial charge is 0.391 e. The van der Waals surface area contributed by atoms with Gasteiger partial charge in [-0.1, -0.05) is 43.2 Å². The van der Waals surface area contributed by atoms with Gasteiger partial charge in [0.1, 0.15) is 6.04 Å². The minimum Gasteiger partial charge on any atom is -0.391 e. The molecule has 3 rings (SSSR count). The molecule has 1 heterocycles. The fourth-order valence-electron chi connectivity index (χ4n) is 3.63. The maximum absolute atomic E-state index is 12.7. The van der Waals surface area contributed by atoms with Gasteiger partial charge in [-0.15, -0.1) is 0 Å². The number of aliphatic hydroxyl groups excluding tert-OH is 1. The first-order valence-corrected chi connectivity index (χ1v) is 9.11. The van der Waals surface area contributed by atoms with Crippen LogP contribution in [-0.2, 0) is 16.1 Å². The molecule has 0 spiro atoms. The molecular weight excluding hydrogens is 304 g/mol. The number of rotatable bonds is 5. The summed E-state index contributed by atoms with van der Waals surface area (Å²) in [6, 6.07) is 9.57. The highest BCUT2D eigenvalue weighted by Crippen LogP contribution is 2.20. The summed E-state index contributed by atoms with van der Waals surface area (Å²) in [7, 11) is 0. The van der Waals surface area contributed by atoms with E-state index in [2.05, 4.69) is 10.6 Å². The predicted octanol–water partition coefficient (Wildman–Crippen LogP) is 1.74. The second kappa shape index (κ2) is 8.60. The minimum atomic E-state index is -0.421. The number of hydrogen-bond acceptors (Lipinski definition) is 4. The van der Waals surface area contributed by atoms with Gasteiger partial charge in [0.05, 0.1) is 24.9 Å². The average Bonchev–Trinajstić information content (AvgIpc) is 2.63. The van der Waals surface area contributed by atoms with Crippen LogP contribution < -0.4 is 10.6 Å². The average molecular weight is 332 g/mol. The number of nitrogens with one attached hydrogen (secondary N) is 2. The van der Waals surface area contributed by atoms with Gasteiger partial charge in [0, 0.05) is 0 Å². The molecule has 1 saturated heterocycles. The van der Waals surface area contributed by atoms with Gasteiger partial charge in [-0.05, 0) is 37.8 Å². The van der Waals surface area contributed by atoms with Crippen molar-refractivity contribution in [3.63, 3.8) is 0 Å². The number of benzene rings is 1. The first-order valence-electron chi connectivity index (χ1n) is 9.11. The standard InChI is InChI=1S/C19H28N2O3/c22-16-10-5-4-9-15(16)21-19(23)18-17(11-6-12-20-18)24-13-14-7-2-1-3-8-14/h1-3,7-8,15-18,20,22H,4-6,9-13H2,(H,21,23). The number of aliphatic hydroxyl groups is 1. The summed E-state index contributed by atoms with van der Waals surface area (Å²) in [6.07, 6.45) is 5.08. The van der Waals surface area contributed by atoms with Crippen LogP contribution in [0.5, 0.6) is 0 Å². The highest BCUT2D eigenvalue weighted by atomic mass is 16.5. The molecule has 1 aliphatic heterocycles. The van der Waals surface area contributed by atoms with Gasteiger partial charge in [0.2, 0.25) is 5.91 Å². The fourth-order valence-corrected chi connectivity index (χ4v) is 3.63. The summed E-state index contributed by atoms with van der Waals surface area (Å²) in [6.45, 7) is 1.35. The van der Waals surface area contributed by atoms with Crippen molar-refractivity contribution in [1.82, 2.24) is 10.6 Å². The smallest absolute Gasteiger partial charge is 0.240 e. The Morgan fingerprint density at radius 3 is 2.75 bits per heavy atom. The van der Waals surface area contributed by atoms with Crippen molar-refractivity contribution in [2.45, 2.75) is 69.4 Å². The number of piperidine rings is 1. The van der Waals surface area contributed by atoms with Crippen LogP contribution >= 0.6 is 0 Å². The summed E-state index contributed by atoms with van der Waals surface area (Å²) in [5.74, 6) is -0.0429. The summed E-state index contributed by atoms with van der Waals surface area (Å²) in [4.78, 5) is 12.7. The van der Waals surface area contributed by atoms with Gasteiger partial charge in [0.15, 0.2) is 0 Å². The van der Waals surface area contributed by atoms with Crippen LogP contribution in [-0.4, -0.2) is 41.9 Å². The zero-order chi connectivity index (χ0) is 16.8. The molecule has 3 N–H and O–H groups in total. The van der Waals surface area contributed by atoms with Gasteiger partial charge in [-0.3, -0.25) is 4.79 Å². The fraction of sp³-hybridized carbons (Fsp3) is 0.632. The molecule has 1 saturated carbocycles. The zero-order valence-corrected chi connectivity index (χ0v) is 14.1. The quantitative estimate of drug-likeness (QED) is 0.768. The topological polar surface area (TPSA) is 70.6 Å². The molecule has 5 nitrogen and oxygen atoms in total. The number of amides is 1. The van der Waals surface area contributed by atoms with E-state index in [9.17, 15) is 9.90 Å². The molecule has 1 amide bonds. The van der Waals surface area contributed by atoms with Crippen LogP contribution in [0.15, 0.2) is 30.3 Å². The van der Waals surface area contributed by atoms with E-state index in [-0.39, 0.29) is 24.1 Å². The van der Waals surface area contributed by atoms with Gasteiger partial charge in [0.25, 0.3) is 0 Å². The molecule has 2 fully saturated rings. The minimum absolute atomic E-state index is 0.0429. The Kier molecular flexibility index (Phi) is 6.24. The third-order valence-electron chi connectivity index (χ3n) is 5.05. The van der Waals surface area contributed by atoms with Crippen molar-refractivity contribution in [3.05, 3.63) is 35.9 Å². The van der Waals surface area contributed by atoms with Crippen LogP contribution in [0.4, 0.5) is 0 Å². The molecular formula is C19H28N2O3. The Morgan fingerprint density at radius 2 is 1.96 bits per heavy atom. The van der Waals surface area contributed by atoms with Crippen molar-refractivity contribution >= 4 is 5.91 Å². The van der Waals surface area contributed by atoms with Crippen LogP contribution in [0.1, 0.15) is 44.1 Å². The number of hydrogen-bond donors (Lipinski definition) is 3. The highest BCUT2D eigenvalue weighted by Gasteiger charge is 2.34. The van der Waals surface area contributed by atoms with E-state index in [1.807, 2.05) is 30.3 Å². The summed E-state index contributed by atoms with van der Waals surface area (Å²) >= 11 is 0. The van der Waals surface area contributed by atoms with E-state index in [4.69, 9.17) is 4.74 Å². The molecule has 0 radical (unpaired) electrons. The van der Waals surface area contributed by atoms with Crippen molar-refractivity contribution in [2.24, 2.45) is 0 Å². The van der Waals surface area contributed by atoms with Gasteiger partial charge in [-0.25, -0.2) is 0 Å².